The lowest BCUT2D eigenvalue weighted by Gasteiger charge is -2.40. The molecule has 21 heavy (non-hydrogen) atoms. The molecule has 0 aromatic carbocycles. The summed E-state index contributed by atoms with van der Waals surface area (Å²) in [7, 11) is 0. The normalized spacial score (nSPS) is 16.6. The van der Waals surface area contributed by atoms with Gasteiger partial charge in [0.15, 0.2) is 0 Å². The van der Waals surface area contributed by atoms with Crippen molar-refractivity contribution in [1.82, 2.24) is 9.88 Å². The predicted molar refractivity (Wildman–Crippen MR) is 79.1 cm³/mol. The van der Waals surface area contributed by atoms with Crippen LogP contribution in [0.1, 0.15) is 19.5 Å². The number of nitro groups is 1. The molecule has 0 N–H and O–H groups in total. The summed E-state index contributed by atoms with van der Waals surface area (Å²) in [5.41, 5.74) is 0.00513. The Hall–Kier alpha value is -2.20. The number of aryl methyl sites for hydroxylation is 1. The van der Waals surface area contributed by atoms with Gasteiger partial charge in [-0.3, -0.25) is 15.0 Å². The van der Waals surface area contributed by atoms with Crippen LogP contribution in [0.2, 0.25) is 0 Å². The number of rotatable bonds is 3. The summed E-state index contributed by atoms with van der Waals surface area (Å²) in [6.07, 6.45) is 0. The zero-order chi connectivity index (χ0) is 15.6. The van der Waals surface area contributed by atoms with Gasteiger partial charge in [0.2, 0.25) is 0 Å². The van der Waals surface area contributed by atoms with Crippen molar-refractivity contribution in [1.29, 1.82) is 5.26 Å². The van der Waals surface area contributed by atoms with Crippen molar-refractivity contribution in [3.63, 3.8) is 0 Å². The highest BCUT2D eigenvalue weighted by molar-refractivity contribution is 5.47. The molecule has 2 rings (SSSR count). The van der Waals surface area contributed by atoms with Crippen molar-refractivity contribution in [2.45, 2.75) is 26.3 Å². The van der Waals surface area contributed by atoms with E-state index in [0.29, 0.717) is 5.69 Å². The molecular formula is C14H19N5O2. The minimum atomic E-state index is -0.467. The van der Waals surface area contributed by atoms with E-state index in [1.165, 1.54) is 6.07 Å². The summed E-state index contributed by atoms with van der Waals surface area (Å²) in [5.74, 6) is 0.757. The van der Waals surface area contributed by atoms with Crippen LogP contribution >= 0.6 is 0 Å². The quantitative estimate of drug-likeness (QED) is 0.622. The molecule has 0 atom stereocenters. The maximum absolute atomic E-state index is 10.8. The molecule has 1 aromatic heterocycles. The topological polar surface area (TPSA) is 86.3 Å². The second-order valence-electron chi connectivity index (χ2n) is 5.68. The number of hydrogen-bond acceptors (Lipinski definition) is 6. The molecule has 1 aromatic rings. The number of nitrogens with zero attached hydrogens (tertiary/aromatic N) is 5. The summed E-state index contributed by atoms with van der Waals surface area (Å²) in [5, 5.41) is 20.0. The third kappa shape index (κ3) is 3.11. The van der Waals surface area contributed by atoms with Crippen LogP contribution < -0.4 is 4.90 Å². The van der Waals surface area contributed by atoms with E-state index in [0.717, 1.165) is 32.0 Å². The van der Waals surface area contributed by atoms with E-state index in [-0.39, 0.29) is 5.69 Å². The number of piperazine rings is 1. The zero-order valence-corrected chi connectivity index (χ0v) is 12.5. The molecule has 0 bridgehead atoms. The summed E-state index contributed by atoms with van der Waals surface area (Å²) in [4.78, 5) is 19.0. The number of aromatic nitrogens is 1. The molecule has 1 fully saturated rings. The number of nitriles is 1. The minimum absolute atomic E-state index is 0.0444. The molecule has 2 heterocycles. The molecule has 7 heteroatoms. The fourth-order valence-corrected chi connectivity index (χ4v) is 2.47. The predicted octanol–water partition coefficient (Wildman–Crippen LogP) is 1.72. The highest BCUT2D eigenvalue weighted by atomic mass is 16.6. The Bertz CT molecular complexity index is 586. The van der Waals surface area contributed by atoms with Crippen molar-refractivity contribution >= 4 is 11.5 Å². The van der Waals surface area contributed by atoms with Crippen LogP contribution in [0.5, 0.6) is 0 Å². The Morgan fingerprint density at radius 1 is 1.33 bits per heavy atom. The summed E-state index contributed by atoms with van der Waals surface area (Å²) < 4.78 is 0. The average Bonchev–Trinajstić information content (AvgIpc) is 2.47. The van der Waals surface area contributed by atoms with Crippen molar-refractivity contribution in [3.8, 4) is 6.07 Å². The van der Waals surface area contributed by atoms with Gasteiger partial charge in [0, 0.05) is 32.2 Å². The maximum atomic E-state index is 10.8. The molecule has 1 aliphatic rings. The Balaban J connectivity index is 2.08. The summed E-state index contributed by atoms with van der Waals surface area (Å²) in [6, 6.07) is 5.51. The monoisotopic (exact) mass is 289 g/mol. The van der Waals surface area contributed by atoms with Crippen LogP contribution in [0.4, 0.5) is 11.5 Å². The summed E-state index contributed by atoms with van der Waals surface area (Å²) >= 11 is 0. The van der Waals surface area contributed by atoms with Gasteiger partial charge in [0.1, 0.15) is 17.1 Å². The second-order valence-corrected chi connectivity index (χ2v) is 5.68. The maximum Gasteiger partial charge on any atom is 0.290 e. The second kappa shape index (κ2) is 5.66. The number of anilines is 1. The third-order valence-electron chi connectivity index (χ3n) is 3.91. The summed E-state index contributed by atoms with van der Waals surface area (Å²) in [6.45, 7) is 8.55. The first-order chi connectivity index (χ1) is 9.85. The van der Waals surface area contributed by atoms with E-state index in [4.69, 9.17) is 5.26 Å². The highest BCUT2D eigenvalue weighted by Gasteiger charge is 2.30. The molecule has 0 amide bonds. The van der Waals surface area contributed by atoms with Gasteiger partial charge in [-0.1, -0.05) is 0 Å². The zero-order valence-electron chi connectivity index (χ0n) is 12.5. The van der Waals surface area contributed by atoms with Gasteiger partial charge in [-0.25, -0.2) is 4.98 Å². The Morgan fingerprint density at radius 2 is 1.95 bits per heavy atom. The Morgan fingerprint density at radius 3 is 2.43 bits per heavy atom. The van der Waals surface area contributed by atoms with E-state index in [9.17, 15) is 10.1 Å². The van der Waals surface area contributed by atoms with Gasteiger partial charge in [0.05, 0.1) is 11.0 Å². The van der Waals surface area contributed by atoms with Gasteiger partial charge in [-0.15, -0.1) is 0 Å². The molecule has 0 spiro atoms. The van der Waals surface area contributed by atoms with Crippen LogP contribution in [-0.4, -0.2) is 46.5 Å². The van der Waals surface area contributed by atoms with Crippen molar-refractivity contribution in [2.24, 2.45) is 0 Å². The average molecular weight is 289 g/mol. The van der Waals surface area contributed by atoms with E-state index in [2.05, 4.69) is 20.9 Å². The van der Waals surface area contributed by atoms with Crippen LogP contribution in [-0.2, 0) is 0 Å². The van der Waals surface area contributed by atoms with Gasteiger partial charge < -0.3 is 4.90 Å². The fourth-order valence-electron chi connectivity index (χ4n) is 2.47. The van der Waals surface area contributed by atoms with Crippen LogP contribution in [0.15, 0.2) is 12.1 Å². The molecule has 0 aliphatic carbocycles. The molecular weight excluding hydrogens is 270 g/mol. The largest absolute Gasteiger partial charge is 0.354 e. The fraction of sp³-hybridized carbons (Fsp3) is 0.571. The van der Waals surface area contributed by atoms with Crippen LogP contribution in [0.25, 0.3) is 0 Å². The standard InChI is InChI=1S/C14H19N5O2/c1-11-12(19(20)21)4-5-13(16-11)17-6-8-18(9-7-17)14(2,3)10-15/h4-5H,6-9H2,1-3H3. The number of hydrogen-bond donors (Lipinski definition) is 0. The van der Waals surface area contributed by atoms with Gasteiger partial charge in [0.25, 0.3) is 5.69 Å². The SMILES string of the molecule is Cc1nc(N2CCN(C(C)(C)C#N)CC2)ccc1[N+](=O)[O-]. The molecule has 0 unspecified atom stereocenters. The molecule has 1 saturated heterocycles. The lowest BCUT2D eigenvalue weighted by Crippen LogP contribution is -2.54. The molecule has 112 valence electrons. The Labute approximate surface area is 123 Å². The lowest BCUT2D eigenvalue weighted by atomic mass is 10.0. The highest BCUT2D eigenvalue weighted by Crippen LogP contribution is 2.23. The van der Waals surface area contributed by atoms with E-state index in [1.54, 1.807) is 13.0 Å². The number of pyridine rings is 1. The first kappa shape index (κ1) is 15.2. The van der Waals surface area contributed by atoms with E-state index in [1.807, 2.05) is 13.8 Å². The minimum Gasteiger partial charge on any atom is -0.354 e. The van der Waals surface area contributed by atoms with Crippen LogP contribution in [0.3, 0.4) is 0 Å². The van der Waals surface area contributed by atoms with E-state index < -0.39 is 10.5 Å². The van der Waals surface area contributed by atoms with Crippen molar-refractivity contribution in [3.05, 3.63) is 27.9 Å². The van der Waals surface area contributed by atoms with Crippen molar-refractivity contribution < 1.29 is 4.92 Å². The molecule has 1 aliphatic heterocycles. The van der Waals surface area contributed by atoms with Crippen LogP contribution in [0, 0.1) is 28.4 Å². The van der Waals surface area contributed by atoms with Gasteiger partial charge in [-0.05, 0) is 26.8 Å². The van der Waals surface area contributed by atoms with Crippen molar-refractivity contribution in [2.75, 3.05) is 31.1 Å². The van der Waals surface area contributed by atoms with Gasteiger partial charge in [-0.2, -0.15) is 5.26 Å². The molecule has 0 saturated carbocycles. The Kier molecular flexibility index (Phi) is 4.09. The third-order valence-corrected chi connectivity index (χ3v) is 3.91. The van der Waals surface area contributed by atoms with Gasteiger partial charge >= 0.3 is 0 Å². The first-order valence-electron chi connectivity index (χ1n) is 6.88. The first-order valence-corrected chi connectivity index (χ1v) is 6.88. The molecule has 0 radical (unpaired) electrons. The van der Waals surface area contributed by atoms with E-state index >= 15 is 0 Å². The lowest BCUT2D eigenvalue weighted by molar-refractivity contribution is -0.385. The molecule has 7 nitrogen and oxygen atoms in total. The smallest absolute Gasteiger partial charge is 0.290 e.